The van der Waals surface area contributed by atoms with Crippen LogP contribution in [0.25, 0.3) is 11.4 Å². The second-order valence-corrected chi connectivity index (χ2v) is 6.66. The number of rotatable bonds is 6. The van der Waals surface area contributed by atoms with Crippen LogP contribution in [0, 0.1) is 11.7 Å². The van der Waals surface area contributed by atoms with Crippen molar-refractivity contribution in [1.82, 2.24) is 15.3 Å². The third-order valence-electron chi connectivity index (χ3n) is 4.08. The van der Waals surface area contributed by atoms with E-state index in [9.17, 15) is 22.4 Å². The summed E-state index contributed by atoms with van der Waals surface area (Å²) in [6.45, 7) is 1.83. The van der Waals surface area contributed by atoms with Gasteiger partial charge in [-0.05, 0) is 24.1 Å². The molecule has 2 N–H and O–H groups in total. The summed E-state index contributed by atoms with van der Waals surface area (Å²) in [4.78, 5) is 20.2. The van der Waals surface area contributed by atoms with E-state index < -0.39 is 36.4 Å². The number of nitrogens with one attached hydrogen (secondary N) is 2. The lowest BCUT2D eigenvalue weighted by molar-refractivity contribution is -0.139. The lowest BCUT2D eigenvalue weighted by atomic mass is 10.0. The second-order valence-electron chi connectivity index (χ2n) is 6.66. The lowest BCUT2D eigenvalue weighted by Gasteiger charge is -2.23. The number of hydrogen-bond donors (Lipinski definition) is 2. The Labute approximate surface area is 163 Å². The van der Waals surface area contributed by atoms with E-state index in [0.717, 1.165) is 6.20 Å². The van der Waals surface area contributed by atoms with Gasteiger partial charge >= 0.3 is 6.18 Å². The van der Waals surface area contributed by atoms with E-state index in [0.29, 0.717) is 17.1 Å². The summed E-state index contributed by atoms with van der Waals surface area (Å²) in [7, 11) is 0. The van der Waals surface area contributed by atoms with Crippen molar-refractivity contribution in [2.45, 2.75) is 26.1 Å². The highest BCUT2D eigenvalue weighted by Gasteiger charge is 2.31. The van der Waals surface area contributed by atoms with E-state index >= 15 is 0 Å². The Hall–Kier alpha value is -3.11. The zero-order chi connectivity index (χ0) is 21.2. The molecule has 29 heavy (non-hydrogen) atoms. The Morgan fingerprint density at radius 3 is 2.66 bits per heavy atom. The van der Waals surface area contributed by atoms with Crippen LogP contribution in [0.4, 0.5) is 23.4 Å². The number of hydrogen-bond acceptors (Lipinski definition) is 6. The summed E-state index contributed by atoms with van der Waals surface area (Å²) in [5, 5.41) is 4.38. The highest BCUT2D eigenvalue weighted by molar-refractivity contribution is 5.84. The maximum absolute atomic E-state index is 14.2. The van der Waals surface area contributed by atoms with Crippen LogP contribution in [0.1, 0.15) is 13.8 Å². The van der Waals surface area contributed by atoms with Crippen LogP contribution in [0.15, 0.2) is 24.4 Å². The SMILES string of the molecule is CC(C)[C@@H](Nc1nc(-c2ccc3c(c2)OCO3)ncc1F)C(=O)NCC(F)(F)F. The molecule has 2 aromatic rings. The maximum atomic E-state index is 14.2. The van der Waals surface area contributed by atoms with E-state index in [-0.39, 0.29) is 18.4 Å². The van der Waals surface area contributed by atoms with E-state index in [4.69, 9.17) is 9.47 Å². The predicted molar refractivity (Wildman–Crippen MR) is 94.9 cm³/mol. The van der Waals surface area contributed by atoms with Gasteiger partial charge in [0.05, 0.1) is 6.20 Å². The fourth-order valence-corrected chi connectivity index (χ4v) is 2.62. The van der Waals surface area contributed by atoms with Gasteiger partial charge in [-0.25, -0.2) is 14.4 Å². The minimum atomic E-state index is -4.55. The first kappa shape index (κ1) is 20.6. The Kier molecular flexibility index (Phi) is 5.76. The van der Waals surface area contributed by atoms with Crippen molar-refractivity contribution >= 4 is 11.7 Å². The van der Waals surface area contributed by atoms with E-state index in [1.54, 1.807) is 37.4 Å². The molecule has 1 aromatic carbocycles. The van der Waals surface area contributed by atoms with Gasteiger partial charge in [-0.3, -0.25) is 4.79 Å². The molecule has 2 heterocycles. The Morgan fingerprint density at radius 1 is 1.24 bits per heavy atom. The fraction of sp³-hybridized carbons (Fsp3) is 0.389. The molecule has 1 aromatic heterocycles. The van der Waals surface area contributed by atoms with Gasteiger partial charge in [0.15, 0.2) is 29.0 Å². The summed E-state index contributed by atoms with van der Waals surface area (Å²) < 4.78 is 61.8. The maximum Gasteiger partial charge on any atom is 0.405 e. The van der Waals surface area contributed by atoms with Gasteiger partial charge in [-0.2, -0.15) is 13.2 Å². The first-order valence-electron chi connectivity index (χ1n) is 8.67. The molecule has 0 unspecified atom stereocenters. The van der Waals surface area contributed by atoms with Crippen molar-refractivity contribution in [2.24, 2.45) is 5.92 Å². The molecular formula is C18H18F4N4O3. The molecule has 0 fully saturated rings. The third kappa shape index (κ3) is 5.04. The molecule has 0 saturated carbocycles. The van der Waals surface area contributed by atoms with Crippen LogP contribution in [0.3, 0.4) is 0 Å². The van der Waals surface area contributed by atoms with Crippen LogP contribution < -0.4 is 20.1 Å². The van der Waals surface area contributed by atoms with Gasteiger partial charge in [0.25, 0.3) is 0 Å². The molecule has 1 aliphatic rings. The summed E-state index contributed by atoms with van der Waals surface area (Å²) in [6, 6.07) is 3.79. The lowest BCUT2D eigenvalue weighted by Crippen LogP contribution is -2.46. The molecule has 0 aliphatic carbocycles. The van der Waals surface area contributed by atoms with Gasteiger partial charge in [0.1, 0.15) is 12.6 Å². The molecule has 156 valence electrons. The van der Waals surface area contributed by atoms with Crippen molar-refractivity contribution < 1.29 is 31.8 Å². The number of benzene rings is 1. The van der Waals surface area contributed by atoms with E-state index in [2.05, 4.69) is 15.3 Å². The Bertz CT molecular complexity index is 905. The first-order chi connectivity index (χ1) is 13.6. The molecule has 0 spiro atoms. The molecular weight excluding hydrogens is 396 g/mol. The standard InChI is InChI=1S/C18H18F4N4O3/c1-9(2)14(17(27)24-7-18(20,21)22)25-16-11(19)6-23-15(26-16)10-3-4-12-13(5-10)29-8-28-12/h3-6,9,14H,7-8H2,1-2H3,(H,24,27)(H,23,25,26)/t14-/m1/s1. The number of carbonyl (C=O) groups is 1. The van der Waals surface area contributed by atoms with Gasteiger partial charge in [0.2, 0.25) is 12.7 Å². The molecule has 3 rings (SSSR count). The summed E-state index contributed by atoms with van der Waals surface area (Å²) >= 11 is 0. The normalized spacial score (nSPS) is 14.0. The summed E-state index contributed by atoms with van der Waals surface area (Å²) in [5.41, 5.74) is 0.514. The number of anilines is 1. The molecule has 11 heteroatoms. The molecule has 0 saturated heterocycles. The Balaban J connectivity index is 1.82. The molecule has 7 nitrogen and oxygen atoms in total. The monoisotopic (exact) mass is 414 g/mol. The molecule has 1 atom stereocenters. The minimum Gasteiger partial charge on any atom is -0.454 e. The topological polar surface area (TPSA) is 85.4 Å². The number of amides is 1. The highest BCUT2D eigenvalue weighted by atomic mass is 19.4. The van der Waals surface area contributed by atoms with Gasteiger partial charge in [-0.15, -0.1) is 0 Å². The number of aromatic nitrogens is 2. The number of alkyl halides is 3. The first-order valence-corrected chi connectivity index (χ1v) is 8.67. The van der Waals surface area contributed by atoms with Crippen LogP contribution in [-0.4, -0.2) is 41.4 Å². The van der Waals surface area contributed by atoms with Gasteiger partial charge in [-0.1, -0.05) is 13.8 Å². The zero-order valence-corrected chi connectivity index (χ0v) is 15.5. The Morgan fingerprint density at radius 2 is 1.97 bits per heavy atom. The van der Waals surface area contributed by atoms with Crippen LogP contribution in [-0.2, 0) is 4.79 Å². The van der Waals surface area contributed by atoms with Crippen LogP contribution in [0.5, 0.6) is 11.5 Å². The average molecular weight is 414 g/mol. The smallest absolute Gasteiger partial charge is 0.405 e. The van der Waals surface area contributed by atoms with Gasteiger partial charge in [0, 0.05) is 5.56 Å². The predicted octanol–water partition coefficient (Wildman–Crippen LogP) is 3.13. The zero-order valence-electron chi connectivity index (χ0n) is 15.5. The largest absolute Gasteiger partial charge is 0.454 e. The second kappa shape index (κ2) is 8.10. The van der Waals surface area contributed by atoms with Crippen molar-refractivity contribution in [2.75, 3.05) is 18.7 Å². The molecule has 0 radical (unpaired) electrons. The van der Waals surface area contributed by atoms with E-state index in [1.807, 2.05) is 0 Å². The summed E-state index contributed by atoms with van der Waals surface area (Å²) in [6.07, 6.45) is -3.63. The highest BCUT2D eigenvalue weighted by Crippen LogP contribution is 2.35. The molecule has 1 aliphatic heterocycles. The fourth-order valence-electron chi connectivity index (χ4n) is 2.62. The van der Waals surface area contributed by atoms with Crippen molar-refractivity contribution in [3.63, 3.8) is 0 Å². The quantitative estimate of drug-likeness (QED) is 0.707. The van der Waals surface area contributed by atoms with Crippen LogP contribution in [0.2, 0.25) is 0 Å². The molecule has 0 bridgehead atoms. The number of fused-ring (bicyclic) bond motifs is 1. The van der Waals surface area contributed by atoms with Gasteiger partial charge < -0.3 is 20.1 Å². The number of ether oxygens (including phenoxy) is 2. The third-order valence-corrected chi connectivity index (χ3v) is 4.08. The summed E-state index contributed by atoms with van der Waals surface area (Å²) in [5.74, 6) is -1.32. The number of carbonyl (C=O) groups excluding carboxylic acids is 1. The van der Waals surface area contributed by atoms with Crippen molar-refractivity contribution in [1.29, 1.82) is 0 Å². The van der Waals surface area contributed by atoms with E-state index in [1.165, 1.54) is 0 Å². The van der Waals surface area contributed by atoms with Crippen molar-refractivity contribution in [3.8, 4) is 22.9 Å². The number of halogens is 4. The van der Waals surface area contributed by atoms with Crippen molar-refractivity contribution in [3.05, 3.63) is 30.2 Å². The molecule has 1 amide bonds. The number of nitrogens with zero attached hydrogens (tertiary/aromatic N) is 2. The van der Waals surface area contributed by atoms with Crippen LogP contribution >= 0.6 is 0 Å². The minimum absolute atomic E-state index is 0.0823. The average Bonchev–Trinajstić information content (AvgIpc) is 3.12.